The molecule has 0 bridgehead atoms. The Bertz CT molecular complexity index is 1530. The summed E-state index contributed by atoms with van der Waals surface area (Å²) in [6, 6.07) is 20.6. The van der Waals surface area contributed by atoms with Gasteiger partial charge in [0, 0.05) is 11.3 Å². The molecule has 0 unspecified atom stereocenters. The van der Waals surface area contributed by atoms with E-state index in [1.54, 1.807) is 37.4 Å². The molecule has 0 radical (unpaired) electrons. The van der Waals surface area contributed by atoms with Crippen molar-refractivity contribution in [2.45, 2.75) is 15.9 Å². The Morgan fingerprint density at radius 1 is 0.971 bits per heavy atom. The predicted octanol–water partition coefficient (Wildman–Crippen LogP) is 4.98. The molecule has 0 aliphatic heterocycles. The zero-order valence-corrected chi connectivity index (χ0v) is 19.5. The molecule has 172 valence electrons. The minimum absolute atomic E-state index is 0.0741. The van der Waals surface area contributed by atoms with Crippen LogP contribution in [-0.2, 0) is 15.8 Å². The number of nitrogens with zero attached hydrogens (tertiary/aromatic N) is 3. The van der Waals surface area contributed by atoms with Crippen molar-refractivity contribution in [3.05, 3.63) is 78.7 Å². The molecule has 2 heterocycles. The van der Waals surface area contributed by atoms with Crippen molar-refractivity contribution in [2.24, 2.45) is 0 Å². The summed E-state index contributed by atoms with van der Waals surface area (Å²) in [7, 11) is -2.26. The summed E-state index contributed by atoms with van der Waals surface area (Å²) in [5.74, 6) is 1.86. The van der Waals surface area contributed by atoms with Gasteiger partial charge in [0.2, 0.25) is 11.8 Å². The number of ether oxygens (including phenoxy) is 1. The zero-order chi connectivity index (χ0) is 23.5. The molecule has 0 fully saturated rings. The Morgan fingerprint density at radius 3 is 2.53 bits per heavy atom. The van der Waals surface area contributed by atoms with Gasteiger partial charge in [-0.2, -0.15) is 0 Å². The Kier molecular flexibility index (Phi) is 5.95. The van der Waals surface area contributed by atoms with E-state index in [1.807, 2.05) is 30.3 Å². The van der Waals surface area contributed by atoms with Crippen molar-refractivity contribution >= 4 is 38.6 Å². The van der Waals surface area contributed by atoms with Gasteiger partial charge in [-0.25, -0.2) is 13.4 Å². The molecule has 5 aromatic rings. The molecule has 0 saturated heterocycles. The van der Waals surface area contributed by atoms with Gasteiger partial charge in [-0.1, -0.05) is 30.0 Å². The first-order valence-electron chi connectivity index (χ1n) is 10.1. The van der Waals surface area contributed by atoms with Crippen LogP contribution in [0.1, 0.15) is 5.89 Å². The maximum atomic E-state index is 12.8. The highest BCUT2D eigenvalue weighted by Gasteiger charge is 2.18. The van der Waals surface area contributed by atoms with Crippen molar-refractivity contribution in [2.75, 3.05) is 11.8 Å². The molecule has 1 N–H and O–H groups in total. The average molecular weight is 495 g/mol. The van der Waals surface area contributed by atoms with Crippen LogP contribution in [0.3, 0.4) is 0 Å². The van der Waals surface area contributed by atoms with Gasteiger partial charge in [-0.3, -0.25) is 4.72 Å². The Balaban J connectivity index is 1.29. The first kappa shape index (κ1) is 22.0. The van der Waals surface area contributed by atoms with Gasteiger partial charge in [-0.15, -0.1) is 10.2 Å². The van der Waals surface area contributed by atoms with Gasteiger partial charge >= 0.3 is 0 Å². The van der Waals surface area contributed by atoms with Gasteiger partial charge in [0.05, 0.1) is 17.8 Å². The quantitative estimate of drug-likeness (QED) is 0.298. The lowest BCUT2D eigenvalue weighted by Crippen LogP contribution is -2.12. The lowest BCUT2D eigenvalue weighted by Gasteiger charge is -2.08. The fourth-order valence-electron chi connectivity index (χ4n) is 3.12. The van der Waals surface area contributed by atoms with Crippen LogP contribution in [0.15, 0.2) is 91.7 Å². The van der Waals surface area contributed by atoms with E-state index in [0.717, 1.165) is 5.56 Å². The van der Waals surface area contributed by atoms with Crippen molar-refractivity contribution in [1.82, 2.24) is 15.2 Å². The third kappa shape index (κ3) is 4.75. The number of hydrogen-bond acceptors (Lipinski definition) is 9. The highest BCUT2D eigenvalue weighted by Crippen LogP contribution is 2.29. The van der Waals surface area contributed by atoms with Crippen LogP contribution in [0.2, 0.25) is 0 Å². The van der Waals surface area contributed by atoms with Gasteiger partial charge < -0.3 is 13.6 Å². The smallest absolute Gasteiger partial charge is 0.261 e. The van der Waals surface area contributed by atoms with E-state index in [2.05, 4.69) is 19.9 Å². The standard InChI is InChI=1S/C23H18N4O5S2/c1-30-17-9-7-16(8-10-17)27-34(28,29)18-11-12-20-19(13-18)24-23(31-20)33-14-21-25-26-22(32-21)15-5-3-2-4-6-15/h2-13,27H,14H2,1H3. The summed E-state index contributed by atoms with van der Waals surface area (Å²) in [6.07, 6.45) is 0. The molecule has 0 aliphatic rings. The minimum Gasteiger partial charge on any atom is -0.497 e. The summed E-state index contributed by atoms with van der Waals surface area (Å²) in [6.45, 7) is 0. The number of aromatic nitrogens is 3. The van der Waals surface area contributed by atoms with E-state index < -0.39 is 10.0 Å². The first-order chi connectivity index (χ1) is 16.5. The maximum Gasteiger partial charge on any atom is 0.261 e. The normalized spacial score (nSPS) is 11.6. The summed E-state index contributed by atoms with van der Waals surface area (Å²) in [5, 5.41) is 8.49. The molecule has 0 aliphatic carbocycles. The third-order valence-electron chi connectivity index (χ3n) is 4.80. The summed E-state index contributed by atoms with van der Waals surface area (Å²) in [5.41, 5.74) is 2.16. The fourth-order valence-corrected chi connectivity index (χ4v) is 4.87. The summed E-state index contributed by atoms with van der Waals surface area (Å²) < 4.78 is 44.7. The second kappa shape index (κ2) is 9.20. The molecule has 0 saturated carbocycles. The summed E-state index contributed by atoms with van der Waals surface area (Å²) in [4.78, 5) is 4.47. The lowest BCUT2D eigenvalue weighted by molar-refractivity contribution is 0.415. The van der Waals surface area contributed by atoms with Crippen LogP contribution in [0.25, 0.3) is 22.6 Å². The number of rotatable bonds is 8. The molecule has 9 nitrogen and oxygen atoms in total. The van der Waals surface area contributed by atoms with Gasteiger partial charge in [-0.05, 0) is 54.6 Å². The van der Waals surface area contributed by atoms with Crippen LogP contribution in [0.5, 0.6) is 5.75 Å². The second-order valence-corrected chi connectivity index (χ2v) is 9.71. The largest absolute Gasteiger partial charge is 0.497 e. The highest BCUT2D eigenvalue weighted by atomic mass is 32.2. The highest BCUT2D eigenvalue weighted by molar-refractivity contribution is 7.98. The third-order valence-corrected chi connectivity index (χ3v) is 6.99. The number of fused-ring (bicyclic) bond motifs is 1. The predicted molar refractivity (Wildman–Crippen MR) is 127 cm³/mol. The maximum absolute atomic E-state index is 12.8. The van der Waals surface area contributed by atoms with Crippen molar-refractivity contribution in [3.63, 3.8) is 0 Å². The lowest BCUT2D eigenvalue weighted by atomic mass is 10.2. The minimum atomic E-state index is -3.81. The van der Waals surface area contributed by atoms with Crippen LogP contribution in [0, 0.1) is 0 Å². The van der Waals surface area contributed by atoms with Crippen molar-refractivity contribution in [3.8, 4) is 17.2 Å². The van der Waals surface area contributed by atoms with Gasteiger partial charge in [0.15, 0.2) is 5.58 Å². The summed E-state index contributed by atoms with van der Waals surface area (Å²) >= 11 is 1.28. The monoisotopic (exact) mass is 494 g/mol. The molecular formula is C23H18N4O5S2. The van der Waals surface area contributed by atoms with Crippen LogP contribution in [-0.4, -0.2) is 30.7 Å². The van der Waals surface area contributed by atoms with E-state index >= 15 is 0 Å². The molecule has 0 atom stereocenters. The first-order valence-corrected chi connectivity index (χ1v) is 12.6. The van der Waals surface area contributed by atoms with E-state index in [9.17, 15) is 8.42 Å². The van der Waals surface area contributed by atoms with Crippen molar-refractivity contribution in [1.29, 1.82) is 0 Å². The van der Waals surface area contributed by atoms with E-state index in [-0.39, 0.29) is 4.90 Å². The Hall–Kier alpha value is -3.83. The van der Waals surface area contributed by atoms with Crippen LogP contribution in [0.4, 0.5) is 5.69 Å². The number of sulfonamides is 1. The van der Waals surface area contributed by atoms with E-state index in [0.29, 0.717) is 45.3 Å². The second-order valence-electron chi connectivity index (χ2n) is 7.10. The van der Waals surface area contributed by atoms with Gasteiger partial charge in [0.25, 0.3) is 15.2 Å². The molecule has 0 spiro atoms. The number of benzene rings is 3. The Morgan fingerprint density at radius 2 is 1.76 bits per heavy atom. The molecule has 2 aromatic heterocycles. The fraction of sp³-hybridized carbons (Fsp3) is 0.0870. The number of hydrogen-bond donors (Lipinski definition) is 1. The molecule has 0 amide bonds. The zero-order valence-electron chi connectivity index (χ0n) is 17.8. The number of methoxy groups -OCH3 is 1. The topological polar surface area (TPSA) is 120 Å². The van der Waals surface area contributed by atoms with E-state index in [4.69, 9.17) is 13.6 Å². The SMILES string of the molecule is COc1ccc(NS(=O)(=O)c2ccc3oc(SCc4nnc(-c5ccccc5)o4)nc3c2)cc1. The van der Waals surface area contributed by atoms with Crippen LogP contribution >= 0.6 is 11.8 Å². The van der Waals surface area contributed by atoms with Crippen molar-refractivity contribution < 1.29 is 22.0 Å². The van der Waals surface area contributed by atoms with Crippen LogP contribution < -0.4 is 9.46 Å². The number of anilines is 1. The molecule has 5 rings (SSSR count). The van der Waals surface area contributed by atoms with Gasteiger partial charge in [0.1, 0.15) is 11.3 Å². The number of thioether (sulfide) groups is 1. The molecule has 3 aromatic carbocycles. The molecule has 34 heavy (non-hydrogen) atoms. The molecular weight excluding hydrogens is 476 g/mol. The van der Waals surface area contributed by atoms with E-state index in [1.165, 1.54) is 23.9 Å². The Labute approximate surface area is 199 Å². The average Bonchev–Trinajstić information content (AvgIpc) is 3.50. The number of nitrogens with one attached hydrogen (secondary N) is 1. The molecule has 11 heteroatoms. The number of oxazole rings is 1.